The molecule has 18 heavy (non-hydrogen) atoms. The largest absolute Gasteiger partial charge is 0.383 e. The number of hydrogen-bond donors (Lipinski definition) is 2. The van der Waals surface area contributed by atoms with Gasteiger partial charge in [0.15, 0.2) is 5.15 Å². The highest BCUT2D eigenvalue weighted by atomic mass is 35.5. The van der Waals surface area contributed by atoms with Gasteiger partial charge in [-0.1, -0.05) is 17.7 Å². The number of halogens is 1. The summed E-state index contributed by atoms with van der Waals surface area (Å²) in [6.45, 7) is 1.86. The molecule has 0 atom stereocenters. The van der Waals surface area contributed by atoms with E-state index in [1.165, 1.54) is 6.33 Å². The van der Waals surface area contributed by atoms with Crippen LogP contribution in [0.25, 0.3) is 22.2 Å². The summed E-state index contributed by atoms with van der Waals surface area (Å²) in [6, 6.07) is 5.71. The Labute approximate surface area is 108 Å². The number of aromatic amines is 1. The Morgan fingerprint density at radius 1 is 1.28 bits per heavy atom. The zero-order valence-corrected chi connectivity index (χ0v) is 10.4. The van der Waals surface area contributed by atoms with Gasteiger partial charge in [0.2, 0.25) is 0 Å². The fourth-order valence-electron chi connectivity index (χ4n) is 1.89. The van der Waals surface area contributed by atoms with E-state index < -0.39 is 0 Å². The highest BCUT2D eigenvalue weighted by molar-refractivity contribution is 6.32. The van der Waals surface area contributed by atoms with Gasteiger partial charge in [-0.25, -0.2) is 15.0 Å². The van der Waals surface area contributed by atoms with Gasteiger partial charge in [-0.05, 0) is 19.1 Å². The molecule has 3 N–H and O–H groups in total. The van der Waals surface area contributed by atoms with Crippen molar-refractivity contribution in [3.05, 3.63) is 35.5 Å². The third-order valence-electron chi connectivity index (χ3n) is 2.73. The third kappa shape index (κ3) is 1.69. The lowest BCUT2D eigenvalue weighted by atomic mass is 10.1. The van der Waals surface area contributed by atoms with E-state index in [4.69, 9.17) is 17.3 Å². The van der Waals surface area contributed by atoms with Crippen LogP contribution in [0.1, 0.15) is 5.82 Å². The Balaban J connectivity index is 2.22. The SMILES string of the molecule is Cc1nc(Cl)c(-c2ccc3c(N)ncnc3c2)[nH]1. The van der Waals surface area contributed by atoms with E-state index in [9.17, 15) is 0 Å². The van der Waals surface area contributed by atoms with Crippen LogP contribution in [0.15, 0.2) is 24.5 Å². The van der Waals surface area contributed by atoms with Crippen LogP contribution in [0, 0.1) is 6.92 Å². The number of nitrogens with one attached hydrogen (secondary N) is 1. The number of aryl methyl sites for hydroxylation is 1. The zero-order valence-electron chi connectivity index (χ0n) is 9.61. The number of nitrogen functional groups attached to an aromatic ring is 1. The third-order valence-corrected chi connectivity index (χ3v) is 3.01. The minimum Gasteiger partial charge on any atom is -0.383 e. The smallest absolute Gasteiger partial charge is 0.155 e. The fourth-order valence-corrected chi connectivity index (χ4v) is 2.17. The first-order valence-electron chi connectivity index (χ1n) is 5.38. The van der Waals surface area contributed by atoms with E-state index in [-0.39, 0.29) is 0 Å². The summed E-state index contributed by atoms with van der Waals surface area (Å²) in [5.74, 6) is 1.25. The molecule has 3 aromatic rings. The molecule has 3 rings (SSSR count). The van der Waals surface area contributed by atoms with Gasteiger partial charge in [0.05, 0.1) is 11.2 Å². The predicted molar refractivity (Wildman–Crippen MR) is 71.3 cm³/mol. The fraction of sp³-hybridized carbons (Fsp3) is 0.0833. The Morgan fingerprint density at radius 3 is 2.83 bits per heavy atom. The van der Waals surface area contributed by atoms with Crippen LogP contribution in [-0.2, 0) is 0 Å². The molecule has 0 saturated heterocycles. The molecule has 0 aliphatic rings. The maximum Gasteiger partial charge on any atom is 0.155 e. The maximum atomic E-state index is 6.06. The first-order valence-corrected chi connectivity index (χ1v) is 5.75. The van der Waals surface area contributed by atoms with Crippen molar-refractivity contribution in [2.75, 3.05) is 5.73 Å². The van der Waals surface area contributed by atoms with Gasteiger partial charge in [-0.2, -0.15) is 0 Å². The molecule has 2 aromatic heterocycles. The zero-order chi connectivity index (χ0) is 12.7. The molecule has 0 aliphatic heterocycles. The summed E-state index contributed by atoms with van der Waals surface area (Å²) in [4.78, 5) is 15.4. The molecule has 5 nitrogen and oxygen atoms in total. The molecule has 1 aromatic carbocycles. The second-order valence-electron chi connectivity index (χ2n) is 3.98. The van der Waals surface area contributed by atoms with Gasteiger partial charge in [0, 0.05) is 10.9 Å². The van der Waals surface area contributed by atoms with Crippen molar-refractivity contribution in [2.45, 2.75) is 6.92 Å². The summed E-state index contributed by atoms with van der Waals surface area (Å²) in [6.07, 6.45) is 1.45. The van der Waals surface area contributed by atoms with Gasteiger partial charge < -0.3 is 10.7 Å². The maximum absolute atomic E-state index is 6.06. The van der Waals surface area contributed by atoms with Crippen molar-refractivity contribution in [3.63, 3.8) is 0 Å². The molecule has 0 amide bonds. The number of aromatic nitrogens is 4. The van der Waals surface area contributed by atoms with E-state index in [2.05, 4.69) is 19.9 Å². The molecular formula is C12H10ClN5. The molecule has 0 radical (unpaired) electrons. The molecule has 90 valence electrons. The van der Waals surface area contributed by atoms with Crippen molar-refractivity contribution < 1.29 is 0 Å². The summed E-state index contributed by atoms with van der Waals surface area (Å²) in [7, 11) is 0. The van der Waals surface area contributed by atoms with Crippen molar-refractivity contribution >= 4 is 28.3 Å². The van der Waals surface area contributed by atoms with Gasteiger partial charge in [-0.15, -0.1) is 0 Å². The monoisotopic (exact) mass is 259 g/mol. The molecule has 6 heteroatoms. The predicted octanol–water partition coefficient (Wildman–Crippen LogP) is 2.56. The summed E-state index contributed by atoms with van der Waals surface area (Å²) >= 11 is 6.06. The van der Waals surface area contributed by atoms with E-state index in [0.29, 0.717) is 11.0 Å². The number of benzene rings is 1. The van der Waals surface area contributed by atoms with Crippen LogP contribution in [-0.4, -0.2) is 19.9 Å². The van der Waals surface area contributed by atoms with Crippen LogP contribution < -0.4 is 5.73 Å². The molecule has 0 unspecified atom stereocenters. The second kappa shape index (κ2) is 3.96. The normalized spacial score (nSPS) is 11.0. The first kappa shape index (κ1) is 11.0. The molecule has 2 heterocycles. The van der Waals surface area contributed by atoms with Gasteiger partial charge in [0.25, 0.3) is 0 Å². The standard InChI is InChI=1S/C12H10ClN5/c1-6-17-10(11(13)18-6)7-2-3-8-9(4-7)15-5-16-12(8)14/h2-5H,1H3,(H,17,18)(H2,14,15,16). The Bertz CT molecular complexity index is 734. The van der Waals surface area contributed by atoms with Crippen molar-refractivity contribution in [1.82, 2.24) is 19.9 Å². The van der Waals surface area contributed by atoms with E-state index in [1.54, 1.807) is 0 Å². The summed E-state index contributed by atoms with van der Waals surface area (Å²) in [5.41, 5.74) is 8.27. The average molecular weight is 260 g/mol. The molecular weight excluding hydrogens is 250 g/mol. The number of H-pyrrole nitrogens is 1. The van der Waals surface area contributed by atoms with E-state index in [0.717, 1.165) is 28.0 Å². The van der Waals surface area contributed by atoms with Crippen molar-refractivity contribution in [3.8, 4) is 11.3 Å². The first-order chi connectivity index (χ1) is 8.65. The Morgan fingerprint density at radius 2 is 2.11 bits per heavy atom. The van der Waals surface area contributed by atoms with Crippen molar-refractivity contribution in [2.24, 2.45) is 0 Å². The minimum absolute atomic E-state index is 0.453. The minimum atomic E-state index is 0.453. The second-order valence-corrected chi connectivity index (χ2v) is 4.34. The highest BCUT2D eigenvalue weighted by Gasteiger charge is 2.10. The molecule has 0 fully saturated rings. The molecule has 0 saturated carbocycles. The van der Waals surface area contributed by atoms with Crippen LogP contribution in [0.2, 0.25) is 5.15 Å². The number of fused-ring (bicyclic) bond motifs is 1. The Kier molecular flexibility index (Phi) is 2.41. The van der Waals surface area contributed by atoms with Crippen LogP contribution in [0.4, 0.5) is 5.82 Å². The van der Waals surface area contributed by atoms with E-state index in [1.807, 2.05) is 25.1 Å². The quantitative estimate of drug-likeness (QED) is 0.704. The number of rotatable bonds is 1. The highest BCUT2D eigenvalue weighted by Crippen LogP contribution is 2.28. The topological polar surface area (TPSA) is 80.5 Å². The number of anilines is 1. The van der Waals surface area contributed by atoms with Crippen LogP contribution in [0.5, 0.6) is 0 Å². The lowest BCUT2D eigenvalue weighted by Gasteiger charge is -2.03. The van der Waals surface area contributed by atoms with Gasteiger partial charge in [-0.3, -0.25) is 0 Å². The van der Waals surface area contributed by atoms with Crippen LogP contribution >= 0.6 is 11.6 Å². The summed E-state index contributed by atoms with van der Waals surface area (Å²) < 4.78 is 0. The number of hydrogen-bond acceptors (Lipinski definition) is 4. The average Bonchev–Trinajstić information content (AvgIpc) is 2.68. The van der Waals surface area contributed by atoms with Gasteiger partial charge in [0.1, 0.15) is 18.0 Å². The van der Waals surface area contributed by atoms with E-state index >= 15 is 0 Å². The lowest BCUT2D eigenvalue weighted by molar-refractivity contribution is 1.15. The number of nitrogens with two attached hydrogens (primary N) is 1. The summed E-state index contributed by atoms with van der Waals surface area (Å²) in [5, 5.41) is 1.28. The number of nitrogens with zero attached hydrogens (tertiary/aromatic N) is 3. The van der Waals surface area contributed by atoms with Crippen molar-refractivity contribution in [1.29, 1.82) is 0 Å². The molecule has 0 aliphatic carbocycles. The number of imidazole rings is 1. The Hall–Kier alpha value is -2.14. The lowest BCUT2D eigenvalue weighted by Crippen LogP contribution is -1.93. The molecule has 0 spiro atoms. The van der Waals surface area contributed by atoms with Crippen LogP contribution in [0.3, 0.4) is 0 Å². The van der Waals surface area contributed by atoms with Gasteiger partial charge >= 0.3 is 0 Å². The molecule has 0 bridgehead atoms.